The van der Waals surface area contributed by atoms with Crippen molar-refractivity contribution in [2.45, 2.75) is 20.4 Å². The highest BCUT2D eigenvalue weighted by molar-refractivity contribution is 6.06. The highest BCUT2D eigenvalue weighted by Gasteiger charge is 2.21. The molecule has 150 valence electrons. The SMILES string of the molecule is Cc1cc(C)cc(NC(=O)c2nc(C(=O)NCc3ccccc3)c3ccccn23)c1. The summed E-state index contributed by atoms with van der Waals surface area (Å²) < 4.78 is 1.63. The Hall–Kier alpha value is -3.93. The van der Waals surface area contributed by atoms with Crippen LogP contribution in [0.1, 0.15) is 37.8 Å². The monoisotopic (exact) mass is 398 g/mol. The number of amides is 2. The van der Waals surface area contributed by atoms with Gasteiger partial charge in [-0.05, 0) is 54.8 Å². The van der Waals surface area contributed by atoms with Crippen LogP contribution in [-0.2, 0) is 6.54 Å². The summed E-state index contributed by atoms with van der Waals surface area (Å²) >= 11 is 0. The number of carbonyl (C=O) groups excluding carboxylic acids is 2. The zero-order valence-corrected chi connectivity index (χ0v) is 16.8. The van der Waals surface area contributed by atoms with Gasteiger partial charge in [0.05, 0.1) is 5.52 Å². The van der Waals surface area contributed by atoms with Crippen LogP contribution in [0.25, 0.3) is 5.52 Å². The molecule has 2 heterocycles. The summed E-state index contributed by atoms with van der Waals surface area (Å²) in [5, 5.41) is 5.77. The van der Waals surface area contributed by atoms with Crippen LogP contribution in [0.15, 0.2) is 72.9 Å². The molecule has 2 N–H and O–H groups in total. The van der Waals surface area contributed by atoms with Gasteiger partial charge in [-0.1, -0.05) is 42.5 Å². The minimum absolute atomic E-state index is 0.162. The molecule has 30 heavy (non-hydrogen) atoms. The molecule has 6 nitrogen and oxygen atoms in total. The van der Waals surface area contributed by atoms with Crippen LogP contribution in [0, 0.1) is 13.8 Å². The molecule has 0 saturated carbocycles. The topological polar surface area (TPSA) is 75.5 Å². The van der Waals surface area contributed by atoms with Crippen LogP contribution < -0.4 is 10.6 Å². The van der Waals surface area contributed by atoms with Crippen LogP contribution in [0.5, 0.6) is 0 Å². The number of nitrogens with zero attached hydrogens (tertiary/aromatic N) is 2. The second-order valence-electron chi connectivity index (χ2n) is 7.24. The predicted molar refractivity (Wildman–Crippen MR) is 117 cm³/mol. The highest BCUT2D eigenvalue weighted by atomic mass is 16.2. The molecule has 2 aromatic heterocycles. The van der Waals surface area contributed by atoms with Crippen molar-refractivity contribution in [3.05, 3.63) is 101 Å². The number of hydrogen-bond donors (Lipinski definition) is 2. The zero-order chi connectivity index (χ0) is 21.1. The van der Waals surface area contributed by atoms with Crippen LogP contribution >= 0.6 is 0 Å². The third-order valence-corrected chi connectivity index (χ3v) is 4.74. The maximum Gasteiger partial charge on any atom is 0.292 e. The summed E-state index contributed by atoms with van der Waals surface area (Å²) in [5.41, 5.74) is 4.59. The van der Waals surface area contributed by atoms with E-state index >= 15 is 0 Å². The molecule has 0 saturated heterocycles. The molecule has 0 radical (unpaired) electrons. The van der Waals surface area contributed by atoms with E-state index in [1.807, 2.05) is 68.4 Å². The lowest BCUT2D eigenvalue weighted by atomic mass is 10.1. The fourth-order valence-electron chi connectivity index (χ4n) is 3.46. The van der Waals surface area contributed by atoms with E-state index in [-0.39, 0.29) is 23.3 Å². The number of imidazole rings is 1. The molecule has 4 aromatic rings. The van der Waals surface area contributed by atoms with Crippen molar-refractivity contribution < 1.29 is 9.59 Å². The van der Waals surface area contributed by atoms with Crippen LogP contribution in [-0.4, -0.2) is 21.2 Å². The molecule has 0 bridgehead atoms. The van der Waals surface area contributed by atoms with Gasteiger partial charge >= 0.3 is 0 Å². The van der Waals surface area contributed by atoms with E-state index in [0.717, 1.165) is 16.7 Å². The first-order valence-corrected chi connectivity index (χ1v) is 9.70. The molecule has 2 aromatic carbocycles. The number of nitrogens with one attached hydrogen (secondary N) is 2. The molecule has 0 atom stereocenters. The van der Waals surface area contributed by atoms with Crippen molar-refractivity contribution >= 4 is 23.0 Å². The van der Waals surface area contributed by atoms with Crippen molar-refractivity contribution in [1.82, 2.24) is 14.7 Å². The summed E-state index contributed by atoms with van der Waals surface area (Å²) in [6.45, 7) is 4.33. The van der Waals surface area contributed by atoms with Gasteiger partial charge in [-0.25, -0.2) is 4.98 Å². The molecule has 0 aliphatic heterocycles. The summed E-state index contributed by atoms with van der Waals surface area (Å²) in [5.74, 6) is -0.536. The number of carbonyl (C=O) groups is 2. The van der Waals surface area contributed by atoms with Crippen molar-refractivity contribution in [3.8, 4) is 0 Å². The number of fused-ring (bicyclic) bond motifs is 1. The summed E-state index contributed by atoms with van der Waals surface area (Å²) in [7, 11) is 0. The van der Waals surface area contributed by atoms with Crippen molar-refractivity contribution in [1.29, 1.82) is 0 Å². The van der Waals surface area contributed by atoms with Gasteiger partial charge in [0.15, 0.2) is 5.69 Å². The summed E-state index contributed by atoms with van der Waals surface area (Å²) in [6.07, 6.45) is 1.73. The second-order valence-corrected chi connectivity index (χ2v) is 7.24. The smallest absolute Gasteiger partial charge is 0.292 e. The standard InChI is InChI=1S/C24H22N4O2/c1-16-12-17(2)14-19(13-16)26-24(30)22-27-21(20-10-6-7-11-28(20)22)23(29)25-15-18-8-4-3-5-9-18/h3-14H,15H2,1-2H3,(H,25,29)(H,26,30). The fourth-order valence-corrected chi connectivity index (χ4v) is 3.46. The summed E-state index contributed by atoms with van der Waals surface area (Å²) in [4.78, 5) is 30.1. The Morgan fingerprint density at radius 2 is 1.60 bits per heavy atom. The number of pyridine rings is 1. The van der Waals surface area contributed by atoms with Crippen LogP contribution in [0.4, 0.5) is 5.69 Å². The van der Waals surface area contributed by atoms with E-state index in [0.29, 0.717) is 17.7 Å². The predicted octanol–water partition coefficient (Wildman–Crippen LogP) is 4.13. The molecular formula is C24H22N4O2. The quantitative estimate of drug-likeness (QED) is 0.531. The Kier molecular flexibility index (Phi) is 5.30. The fraction of sp³-hybridized carbons (Fsp3) is 0.125. The molecule has 4 rings (SSSR count). The van der Waals surface area contributed by atoms with Crippen molar-refractivity contribution in [2.75, 3.05) is 5.32 Å². The van der Waals surface area contributed by atoms with Crippen LogP contribution in [0.3, 0.4) is 0 Å². The van der Waals surface area contributed by atoms with Gasteiger partial charge in [0, 0.05) is 18.4 Å². The Balaban J connectivity index is 1.61. The molecule has 0 aliphatic rings. The molecule has 2 amide bonds. The average molecular weight is 398 g/mol. The van der Waals surface area contributed by atoms with E-state index in [4.69, 9.17) is 0 Å². The Bertz CT molecular complexity index is 1210. The lowest BCUT2D eigenvalue weighted by Gasteiger charge is -2.07. The number of aryl methyl sites for hydroxylation is 2. The van der Waals surface area contributed by atoms with E-state index in [1.54, 1.807) is 22.7 Å². The van der Waals surface area contributed by atoms with Crippen molar-refractivity contribution in [2.24, 2.45) is 0 Å². The van der Waals surface area contributed by atoms with Gasteiger partial charge < -0.3 is 10.6 Å². The molecule has 0 fully saturated rings. The second kappa shape index (κ2) is 8.21. The third kappa shape index (κ3) is 4.07. The minimum Gasteiger partial charge on any atom is -0.347 e. The molecule has 0 spiro atoms. The van der Waals surface area contributed by atoms with Crippen molar-refractivity contribution in [3.63, 3.8) is 0 Å². The average Bonchev–Trinajstić information content (AvgIpc) is 3.12. The van der Waals surface area contributed by atoms with Gasteiger partial charge in [0.25, 0.3) is 11.8 Å². The third-order valence-electron chi connectivity index (χ3n) is 4.74. The van der Waals surface area contributed by atoms with Gasteiger partial charge in [0.1, 0.15) is 0 Å². The Labute approximate surface area is 174 Å². The van der Waals surface area contributed by atoms with E-state index in [9.17, 15) is 9.59 Å². The molecule has 6 heteroatoms. The largest absolute Gasteiger partial charge is 0.347 e. The van der Waals surface area contributed by atoms with Gasteiger partial charge in [-0.2, -0.15) is 0 Å². The maximum atomic E-state index is 12.9. The van der Waals surface area contributed by atoms with E-state index in [1.165, 1.54) is 0 Å². The number of aromatic nitrogens is 2. The van der Waals surface area contributed by atoms with Gasteiger partial charge in [-0.15, -0.1) is 0 Å². The first-order valence-electron chi connectivity index (χ1n) is 9.70. The highest BCUT2D eigenvalue weighted by Crippen LogP contribution is 2.17. The zero-order valence-electron chi connectivity index (χ0n) is 16.8. The minimum atomic E-state index is -0.372. The lowest BCUT2D eigenvalue weighted by Crippen LogP contribution is -2.23. The number of rotatable bonds is 5. The van der Waals surface area contributed by atoms with Crippen LogP contribution in [0.2, 0.25) is 0 Å². The van der Waals surface area contributed by atoms with E-state index < -0.39 is 0 Å². The Morgan fingerprint density at radius 1 is 0.900 bits per heavy atom. The number of anilines is 1. The first kappa shape index (κ1) is 19.4. The normalized spacial score (nSPS) is 10.7. The first-order chi connectivity index (χ1) is 14.5. The molecule has 0 aliphatic carbocycles. The molecular weight excluding hydrogens is 376 g/mol. The molecule has 0 unspecified atom stereocenters. The Morgan fingerprint density at radius 3 is 2.33 bits per heavy atom. The summed E-state index contributed by atoms with van der Waals surface area (Å²) in [6, 6.07) is 20.9. The van der Waals surface area contributed by atoms with Gasteiger partial charge in [-0.3, -0.25) is 14.0 Å². The van der Waals surface area contributed by atoms with E-state index in [2.05, 4.69) is 15.6 Å². The maximum absolute atomic E-state index is 12.9. The van der Waals surface area contributed by atoms with Gasteiger partial charge in [0.2, 0.25) is 5.82 Å². The number of hydrogen-bond acceptors (Lipinski definition) is 3. The number of benzene rings is 2. The lowest BCUT2D eigenvalue weighted by molar-refractivity contribution is 0.0948.